The molecule has 21 heavy (non-hydrogen) atoms. The summed E-state index contributed by atoms with van der Waals surface area (Å²) in [5.74, 6) is 0.234. The molecule has 0 atom stereocenters. The molecule has 2 aliphatic rings. The van der Waals surface area contributed by atoms with Crippen LogP contribution in [0.4, 0.5) is 0 Å². The predicted octanol–water partition coefficient (Wildman–Crippen LogP) is 1.74. The fraction of sp³-hybridized carbons (Fsp3) is 0.529. The Balaban J connectivity index is 1.67. The third-order valence-electron chi connectivity index (χ3n) is 4.64. The van der Waals surface area contributed by atoms with Crippen LogP contribution < -0.4 is 11.1 Å². The van der Waals surface area contributed by atoms with E-state index in [2.05, 4.69) is 5.32 Å². The van der Waals surface area contributed by atoms with E-state index in [1.165, 1.54) is 5.56 Å². The summed E-state index contributed by atoms with van der Waals surface area (Å²) in [6.45, 7) is 0. The number of aryl methyl sites for hydroxylation is 1. The van der Waals surface area contributed by atoms with Crippen molar-refractivity contribution in [1.29, 1.82) is 0 Å². The molecule has 0 saturated heterocycles. The molecule has 1 fully saturated rings. The number of rotatable bonds is 2. The lowest BCUT2D eigenvalue weighted by atomic mass is 9.89. The van der Waals surface area contributed by atoms with Gasteiger partial charge in [0.25, 0.3) is 5.91 Å². The molecule has 1 aromatic carbocycles. The third kappa shape index (κ3) is 3.32. The van der Waals surface area contributed by atoms with Gasteiger partial charge in [-0.3, -0.25) is 9.59 Å². The molecule has 0 heterocycles. The maximum absolute atomic E-state index is 12.3. The minimum atomic E-state index is -0.0312. The summed E-state index contributed by atoms with van der Waals surface area (Å²) in [7, 11) is 0. The number of benzene rings is 1. The van der Waals surface area contributed by atoms with Gasteiger partial charge in [0.2, 0.25) is 0 Å². The number of hydrogen-bond donors (Lipinski definition) is 2. The van der Waals surface area contributed by atoms with Crippen LogP contribution in [0.5, 0.6) is 0 Å². The van der Waals surface area contributed by atoms with E-state index in [4.69, 9.17) is 5.73 Å². The van der Waals surface area contributed by atoms with Crippen molar-refractivity contribution in [1.82, 2.24) is 5.32 Å². The van der Waals surface area contributed by atoms with Crippen molar-refractivity contribution in [3.05, 3.63) is 34.9 Å². The van der Waals surface area contributed by atoms with E-state index in [0.717, 1.165) is 37.7 Å². The number of Topliss-reactive ketones (excluding diaryl/α,β-unsaturated/α-hetero) is 1. The number of nitrogens with one attached hydrogen (secondary N) is 1. The lowest BCUT2D eigenvalue weighted by Crippen LogP contribution is -2.40. The van der Waals surface area contributed by atoms with Gasteiger partial charge in [0, 0.05) is 30.5 Å². The molecule has 0 aromatic heterocycles. The largest absolute Gasteiger partial charge is 0.349 e. The molecule has 112 valence electrons. The molecular formula is C17H22N2O2. The van der Waals surface area contributed by atoms with Crippen LogP contribution in [0.15, 0.2) is 18.2 Å². The van der Waals surface area contributed by atoms with Gasteiger partial charge in [0.1, 0.15) is 5.78 Å². The second kappa shape index (κ2) is 5.98. The highest BCUT2D eigenvalue weighted by atomic mass is 16.1. The highest BCUT2D eigenvalue weighted by Crippen LogP contribution is 2.21. The van der Waals surface area contributed by atoms with Crippen LogP contribution >= 0.6 is 0 Å². The zero-order valence-corrected chi connectivity index (χ0v) is 12.2. The first-order valence-electron chi connectivity index (χ1n) is 7.82. The molecule has 3 N–H and O–H groups in total. The molecule has 0 spiro atoms. The summed E-state index contributed by atoms with van der Waals surface area (Å²) in [5, 5.41) is 3.09. The number of carbonyl (C=O) groups excluding carboxylic acids is 2. The quantitative estimate of drug-likeness (QED) is 0.870. The lowest BCUT2D eigenvalue weighted by Gasteiger charge is -2.27. The van der Waals surface area contributed by atoms with Crippen molar-refractivity contribution in [2.24, 2.45) is 5.73 Å². The summed E-state index contributed by atoms with van der Waals surface area (Å²) in [5.41, 5.74) is 8.77. The summed E-state index contributed by atoms with van der Waals surface area (Å²) in [4.78, 5) is 23.9. The van der Waals surface area contributed by atoms with E-state index < -0.39 is 0 Å². The molecule has 0 aliphatic heterocycles. The summed E-state index contributed by atoms with van der Waals surface area (Å²) >= 11 is 0. The monoisotopic (exact) mass is 286 g/mol. The predicted molar refractivity (Wildman–Crippen MR) is 81.2 cm³/mol. The van der Waals surface area contributed by atoms with Crippen LogP contribution in [0, 0.1) is 0 Å². The Kier molecular flexibility index (Phi) is 4.06. The van der Waals surface area contributed by atoms with E-state index in [-0.39, 0.29) is 23.8 Å². The first-order chi connectivity index (χ1) is 10.1. The Hall–Kier alpha value is -1.68. The van der Waals surface area contributed by atoms with Gasteiger partial charge in [0.15, 0.2) is 0 Å². The van der Waals surface area contributed by atoms with Gasteiger partial charge in [-0.05, 0) is 55.4 Å². The van der Waals surface area contributed by atoms with Crippen LogP contribution in [0.1, 0.15) is 53.6 Å². The minimum absolute atomic E-state index is 0.0312. The highest BCUT2D eigenvalue weighted by Gasteiger charge is 2.22. The van der Waals surface area contributed by atoms with Gasteiger partial charge in [-0.2, -0.15) is 0 Å². The standard InChI is InChI=1S/C17H22N2O2/c18-14-4-6-15(7-5-14)19-17(21)12-2-1-11-3-8-16(20)10-13(11)9-12/h1-2,9,14-15H,3-8,10,18H2,(H,19,21). The fourth-order valence-electron chi connectivity index (χ4n) is 3.28. The molecule has 0 unspecified atom stereocenters. The Morgan fingerprint density at radius 2 is 1.86 bits per heavy atom. The molecular weight excluding hydrogens is 264 g/mol. The zero-order valence-electron chi connectivity index (χ0n) is 12.2. The lowest BCUT2D eigenvalue weighted by molar-refractivity contribution is -0.118. The van der Waals surface area contributed by atoms with E-state index >= 15 is 0 Å². The van der Waals surface area contributed by atoms with E-state index in [0.29, 0.717) is 18.4 Å². The number of ketones is 1. The van der Waals surface area contributed by atoms with Crippen LogP contribution in [0.2, 0.25) is 0 Å². The molecule has 0 radical (unpaired) electrons. The zero-order chi connectivity index (χ0) is 14.8. The normalized spacial score (nSPS) is 25.3. The number of nitrogens with two attached hydrogens (primary N) is 1. The van der Waals surface area contributed by atoms with Crippen LogP contribution in [-0.4, -0.2) is 23.8 Å². The molecule has 2 aliphatic carbocycles. The van der Waals surface area contributed by atoms with E-state index in [1.54, 1.807) is 0 Å². The molecule has 1 aromatic rings. The molecule has 4 heteroatoms. The van der Waals surface area contributed by atoms with Crippen molar-refractivity contribution in [2.45, 2.75) is 57.0 Å². The van der Waals surface area contributed by atoms with Crippen molar-refractivity contribution in [3.63, 3.8) is 0 Å². The van der Waals surface area contributed by atoms with Gasteiger partial charge in [-0.15, -0.1) is 0 Å². The average Bonchev–Trinajstić information content (AvgIpc) is 2.48. The Labute approximate surface area is 125 Å². The van der Waals surface area contributed by atoms with Crippen molar-refractivity contribution < 1.29 is 9.59 Å². The van der Waals surface area contributed by atoms with Crippen LogP contribution in [-0.2, 0) is 17.6 Å². The van der Waals surface area contributed by atoms with Crippen molar-refractivity contribution in [2.75, 3.05) is 0 Å². The fourth-order valence-corrected chi connectivity index (χ4v) is 3.28. The van der Waals surface area contributed by atoms with Gasteiger partial charge in [-0.1, -0.05) is 6.07 Å². The Morgan fingerprint density at radius 1 is 1.10 bits per heavy atom. The molecule has 4 nitrogen and oxygen atoms in total. The van der Waals surface area contributed by atoms with Gasteiger partial charge in [0.05, 0.1) is 0 Å². The van der Waals surface area contributed by atoms with Crippen molar-refractivity contribution in [3.8, 4) is 0 Å². The van der Waals surface area contributed by atoms with Gasteiger partial charge >= 0.3 is 0 Å². The van der Waals surface area contributed by atoms with Gasteiger partial charge in [-0.25, -0.2) is 0 Å². The average molecular weight is 286 g/mol. The maximum Gasteiger partial charge on any atom is 0.251 e. The molecule has 0 bridgehead atoms. The highest BCUT2D eigenvalue weighted by molar-refractivity contribution is 5.95. The topological polar surface area (TPSA) is 72.2 Å². The summed E-state index contributed by atoms with van der Waals surface area (Å²) < 4.78 is 0. The molecule has 1 saturated carbocycles. The second-order valence-electron chi connectivity index (χ2n) is 6.28. The smallest absolute Gasteiger partial charge is 0.251 e. The number of fused-ring (bicyclic) bond motifs is 1. The number of hydrogen-bond acceptors (Lipinski definition) is 3. The summed E-state index contributed by atoms with van der Waals surface area (Å²) in [6.07, 6.45) is 5.76. The van der Waals surface area contributed by atoms with E-state index in [9.17, 15) is 9.59 Å². The minimum Gasteiger partial charge on any atom is -0.349 e. The summed E-state index contributed by atoms with van der Waals surface area (Å²) in [6, 6.07) is 6.27. The first-order valence-corrected chi connectivity index (χ1v) is 7.82. The Morgan fingerprint density at radius 3 is 2.62 bits per heavy atom. The first kappa shape index (κ1) is 14.3. The second-order valence-corrected chi connectivity index (χ2v) is 6.28. The van der Waals surface area contributed by atoms with Crippen LogP contribution in [0.25, 0.3) is 0 Å². The van der Waals surface area contributed by atoms with Crippen LogP contribution in [0.3, 0.4) is 0 Å². The maximum atomic E-state index is 12.3. The van der Waals surface area contributed by atoms with Gasteiger partial charge < -0.3 is 11.1 Å². The number of carbonyl (C=O) groups is 2. The Bertz CT molecular complexity index is 560. The van der Waals surface area contributed by atoms with E-state index in [1.807, 2.05) is 18.2 Å². The molecule has 3 rings (SSSR count). The number of amides is 1. The SMILES string of the molecule is NC1CCC(NC(=O)c2ccc3c(c2)CC(=O)CC3)CC1. The third-order valence-corrected chi connectivity index (χ3v) is 4.64. The van der Waals surface area contributed by atoms with Crippen molar-refractivity contribution >= 4 is 11.7 Å². The molecule has 1 amide bonds.